The fourth-order valence-corrected chi connectivity index (χ4v) is 8.19. The molecular weight excluding hydrogens is 875 g/mol. The van der Waals surface area contributed by atoms with Crippen molar-refractivity contribution in [1.29, 1.82) is 5.41 Å². The minimum Gasteiger partial charge on any atom is -0.494 e. The van der Waals surface area contributed by atoms with Crippen molar-refractivity contribution in [3.05, 3.63) is 69.8 Å². The molecule has 0 aliphatic heterocycles. The summed E-state index contributed by atoms with van der Waals surface area (Å²) in [5, 5.41) is 33.7. The second kappa shape index (κ2) is 34.3. The minimum atomic E-state index is -3.62. The van der Waals surface area contributed by atoms with E-state index in [1.165, 1.54) is 6.92 Å². The molecule has 2 rings (SSSR count). The van der Waals surface area contributed by atoms with Crippen LogP contribution in [0.15, 0.2) is 53.5 Å². The summed E-state index contributed by atoms with van der Waals surface area (Å²) in [7, 11) is -7.22. The Morgan fingerprint density at radius 2 is 1.11 bits per heavy atom. The van der Waals surface area contributed by atoms with Crippen LogP contribution in [-0.4, -0.2) is 106 Å². The number of benzene rings is 2. The Kier molecular flexibility index (Phi) is 31.6. The van der Waals surface area contributed by atoms with E-state index in [-0.39, 0.29) is 36.1 Å². The number of unbranched alkanes of at least 4 members (excludes halogenated alkanes) is 8. The van der Waals surface area contributed by atoms with E-state index < -0.39 is 49.1 Å². The molecule has 0 aliphatic rings. The molecular formula is C41H71N9O12S2. The van der Waals surface area contributed by atoms with Crippen LogP contribution in [0.4, 0.5) is 0 Å². The van der Waals surface area contributed by atoms with Crippen molar-refractivity contribution < 1.29 is 51.1 Å². The lowest BCUT2D eigenvalue weighted by Crippen LogP contribution is -2.43. The molecule has 0 bridgehead atoms. The van der Waals surface area contributed by atoms with Crippen molar-refractivity contribution >= 4 is 43.8 Å². The molecule has 2 unspecified atom stereocenters. The van der Waals surface area contributed by atoms with Crippen LogP contribution in [-0.2, 0) is 42.5 Å². The van der Waals surface area contributed by atoms with Gasteiger partial charge in [0.25, 0.3) is 0 Å². The molecule has 0 fully saturated rings. The third-order valence-corrected chi connectivity index (χ3v) is 11.7. The van der Waals surface area contributed by atoms with E-state index in [2.05, 4.69) is 14.4 Å². The molecule has 0 saturated heterocycles. The molecule has 364 valence electrons. The highest BCUT2D eigenvalue weighted by molar-refractivity contribution is 7.89. The third kappa shape index (κ3) is 32.6. The van der Waals surface area contributed by atoms with Gasteiger partial charge in [-0.15, -0.1) is 0 Å². The van der Waals surface area contributed by atoms with Gasteiger partial charge in [0.1, 0.15) is 23.6 Å². The van der Waals surface area contributed by atoms with Gasteiger partial charge in [0.15, 0.2) is 16.8 Å². The number of nitrogens with two attached hydrogens (primary N) is 3. The zero-order valence-corrected chi connectivity index (χ0v) is 39.0. The van der Waals surface area contributed by atoms with E-state index in [9.17, 15) is 46.8 Å². The van der Waals surface area contributed by atoms with Gasteiger partial charge in [-0.3, -0.25) is 20.0 Å². The first kappa shape index (κ1) is 58.9. The number of hydrogen-bond donors (Lipinski definition) is 9. The fraction of sp³-hybridized carbons (Fsp3) is 0.610. The molecule has 12 N–H and O–H groups in total. The largest absolute Gasteiger partial charge is 0.494 e. The SMILES string of the molecule is CC(=N)N[N+](=O)[O-].CCCCS(=O)(=O)NC(Cc1ccc(OCCCCCCN)cc1)C(=O)O.CCCCS(=O)(=O)NC(Cc1ccc(OCCCCCCN=C(N)N)cc1)C(=O)O. The molecule has 0 spiro atoms. The Labute approximate surface area is 378 Å². The first-order valence-electron chi connectivity index (χ1n) is 21.3. The van der Waals surface area contributed by atoms with Crippen LogP contribution in [0.25, 0.3) is 0 Å². The Morgan fingerprint density at radius 3 is 1.42 bits per heavy atom. The topological polar surface area (TPSA) is 355 Å². The lowest BCUT2D eigenvalue weighted by molar-refractivity contribution is -0.525. The summed E-state index contributed by atoms with van der Waals surface area (Å²) in [6.07, 6.45) is 10.6. The number of aliphatic imine (C=N–C) groups is 1. The monoisotopic (exact) mass is 945 g/mol. The molecule has 21 nitrogen and oxygen atoms in total. The maximum absolute atomic E-state index is 12.0. The quantitative estimate of drug-likeness (QED) is 0.0166. The van der Waals surface area contributed by atoms with Gasteiger partial charge in [-0.2, -0.15) is 0 Å². The average Bonchev–Trinajstić information content (AvgIpc) is 3.22. The molecule has 0 saturated carbocycles. The van der Waals surface area contributed by atoms with Gasteiger partial charge in [0, 0.05) is 6.54 Å². The Hall–Kier alpha value is -5.10. The number of nitrogens with one attached hydrogen (secondary N) is 4. The normalized spacial score (nSPS) is 11.9. The number of sulfonamides is 2. The second-order valence-corrected chi connectivity index (χ2v) is 18.4. The first-order valence-corrected chi connectivity index (χ1v) is 24.6. The maximum atomic E-state index is 12.0. The number of hydrogen-bond acceptors (Lipinski definition) is 13. The summed E-state index contributed by atoms with van der Waals surface area (Å²) in [6.45, 7) is 7.61. The number of carbonyl (C=O) groups is 2. The highest BCUT2D eigenvalue weighted by Crippen LogP contribution is 2.16. The molecule has 0 heterocycles. The lowest BCUT2D eigenvalue weighted by Gasteiger charge is -2.15. The lowest BCUT2D eigenvalue weighted by atomic mass is 10.1. The molecule has 0 amide bonds. The summed E-state index contributed by atoms with van der Waals surface area (Å²) in [4.78, 5) is 36.2. The van der Waals surface area contributed by atoms with Crippen LogP contribution in [0.5, 0.6) is 11.5 Å². The molecule has 0 aliphatic carbocycles. The standard InChI is InChI=1S/C20H34N4O5S.C19H32N2O5S.C2H5N3O2/c1-2-3-14-30(27,28)24-18(19(25)26)15-16-8-10-17(11-9-16)29-13-7-5-4-6-12-23-20(21)22;1-2-3-14-27(24,25)21-18(19(22)23)15-16-8-10-17(11-9-16)26-13-7-5-4-6-12-20;1-2(3)4-5(6)7/h8-11,18,24H,2-7,12-15H2,1H3,(H,25,26)(H4,21,22,23);8-11,18,21H,2-7,12-15,20H2,1H3,(H,22,23);1H3,(H2,3,4). The van der Waals surface area contributed by atoms with Gasteiger partial charge < -0.3 is 36.9 Å². The van der Waals surface area contributed by atoms with Crippen LogP contribution >= 0.6 is 0 Å². The molecule has 0 radical (unpaired) electrons. The predicted octanol–water partition coefficient (Wildman–Crippen LogP) is 3.68. The van der Waals surface area contributed by atoms with E-state index in [1.54, 1.807) is 54.0 Å². The molecule has 64 heavy (non-hydrogen) atoms. The molecule has 23 heteroatoms. The van der Waals surface area contributed by atoms with Crippen LogP contribution in [0.1, 0.15) is 109 Å². The Bertz CT molecular complexity index is 1870. The number of amidine groups is 1. The van der Waals surface area contributed by atoms with Crippen LogP contribution < -0.4 is 41.5 Å². The van der Waals surface area contributed by atoms with Gasteiger partial charge in [-0.1, -0.05) is 75.6 Å². The summed E-state index contributed by atoms with van der Waals surface area (Å²) >= 11 is 0. The molecule has 0 aromatic heterocycles. The van der Waals surface area contributed by atoms with Gasteiger partial charge >= 0.3 is 11.9 Å². The average molecular weight is 946 g/mol. The Balaban J connectivity index is 0.00000108. The van der Waals surface area contributed by atoms with E-state index in [4.69, 9.17) is 32.1 Å². The van der Waals surface area contributed by atoms with Crippen molar-refractivity contribution in [3.63, 3.8) is 0 Å². The van der Waals surface area contributed by atoms with E-state index in [1.807, 2.05) is 13.8 Å². The van der Waals surface area contributed by atoms with E-state index in [0.29, 0.717) is 56.2 Å². The van der Waals surface area contributed by atoms with Gasteiger partial charge in [-0.05, 0) is 107 Å². The maximum Gasteiger partial charge on any atom is 0.322 e. The number of nitro groups is 1. The van der Waals surface area contributed by atoms with Crippen LogP contribution in [0.2, 0.25) is 0 Å². The zero-order valence-electron chi connectivity index (χ0n) is 37.3. The van der Waals surface area contributed by atoms with Crippen molar-refractivity contribution in [2.45, 2.75) is 123 Å². The highest BCUT2D eigenvalue weighted by atomic mass is 32.2. The van der Waals surface area contributed by atoms with E-state index >= 15 is 0 Å². The minimum absolute atomic E-state index is 0.0641. The van der Waals surface area contributed by atoms with Gasteiger partial charge in [0.05, 0.1) is 24.7 Å². The summed E-state index contributed by atoms with van der Waals surface area (Å²) in [6, 6.07) is 11.7. The number of hydrazine groups is 1. The highest BCUT2D eigenvalue weighted by Gasteiger charge is 2.25. The third-order valence-electron chi connectivity index (χ3n) is 8.74. The van der Waals surface area contributed by atoms with Gasteiger partial charge in [0.2, 0.25) is 20.0 Å². The summed E-state index contributed by atoms with van der Waals surface area (Å²) in [5.74, 6) is -1.17. The number of ether oxygens (including phenoxy) is 2. The predicted molar refractivity (Wildman–Crippen MR) is 248 cm³/mol. The molecule has 2 aromatic carbocycles. The van der Waals surface area contributed by atoms with Gasteiger partial charge in [-0.25, -0.2) is 36.4 Å². The van der Waals surface area contributed by atoms with Crippen molar-refractivity contribution in [2.75, 3.05) is 37.8 Å². The Morgan fingerprint density at radius 1 is 0.719 bits per heavy atom. The smallest absolute Gasteiger partial charge is 0.322 e. The van der Waals surface area contributed by atoms with E-state index in [0.717, 1.165) is 69.8 Å². The number of guanidine groups is 1. The zero-order chi connectivity index (χ0) is 48.4. The molecule has 2 aromatic rings. The number of carboxylic acids is 2. The van der Waals surface area contributed by atoms with Crippen molar-refractivity contribution in [3.8, 4) is 11.5 Å². The first-order chi connectivity index (χ1) is 30.2. The number of carboxylic acid groups (broad SMARTS) is 2. The van der Waals surface area contributed by atoms with Crippen molar-refractivity contribution in [1.82, 2.24) is 14.9 Å². The number of aliphatic carboxylic acids is 2. The van der Waals surface area contributed by atoms with Crippen LogP contribution in [0, 0.1) is 15.5 Å². The second-order valence-electron chi connectivity index (χ2n) is 14.7. The summed E-state index contributed by atoms with van der Waals surface area (Å²) in [5.41, 5.74) is 19.0. The van der Waals surface area contributed by atoms with Crippen molar-refractivity contribution in [2.24, 2.45) is 22.2 Å². The number of rotatable bonds is 32. The fourth-order valence-electron chi connectivity index (χ4n) is 5.39. The number of nitrogens with zero attached hydrogens (tertiary/aromatic N) is 2. The van der Waals surface area contributed by atoms with Crippen LogP contribution in [0.3, 0.4) is 0 Å². The summed E-state index contributed by atoms with van der Waals surface area (Å²) < 4.78 is 63.8. The molecule has 2 atom stereocenters.